The molecule has 1 amide bonds. The average Bonchev–Trinajstić information content (AvgIpc) is 2.54. The van der Waals surface area contributed by atoms with Gasteiger partial charge in [-0.25, -0.2) is 8.42 Å². The van der Waals surface area contributed by atoms with Crippen LogP contribution in [-0.2, 0) is 14.6 Å². The second-order valence-electron chi connectivity index (χ2n) is 4.36. The number of carbonyl (C=O) groups is 1. The molecule has 0 radical (unpaired) electrons. The maximum Gasteiger partial charge on any atom is 0.237 e. The number of hydrogen-bond acceptors (Lipinski definition) is 4. The van der Waals surface area contributed by atoms with Gasteiger partial charge in [-0.05, 0) is 12.8 Å². The molecule has 1 saturated heterocycles. The second kappa shape index (κ2) is 5.63. The van der Waals surface area contributed by atoms with E-state index in [4.69, 9.17) is 5.73 Å². The Morgan fingerprint density at radius 3 is 2.75 bits per heavy atom. The van der Waals surface area contributed by atoms with Gasteiger partial charge in [0, 0.05) is 6.04 Å². The van der Waals surface area contributed by atoms with Crippen LogP contribution in [0, 0.1) is 0 Å². The molecule has 16 heavy (non-hydrogen) atoms. The number of unbranched alkanes of at least 4 members (excludes halogenated alkanes) is 1. The maximum absolute atomic E-state index is 11.6. The van der Waals surface area contributed by atoms with Crippen LogP contribution in [-0.4, -0.2) is 37.9 Å². The van der Waals surface area contributed by atoms with Gasteiger partial charge in [-0.2, -0.15) is 0 Å². The molecule has 0 spiro atoms. The van der Waals surface area contributed by atoms with E-state index in [0.29, 0.717) is 12.8 Å². The third kappa shape index (κ3) is 4.09. The van der Waals surface area contributed by atoms with Gasteiger partial charge >= 0.3 is 0 Å². The topological polar surface area (TPSA) is 89.3 Å². The third-order valence-electron chi connectivity index (χ3n) is 2.78. The van der Waals surface area contributed by atoms with E-state index in [1.807, 2.05) is 6.92 Å². The highest BCUT2D eigenvalue weighted by Crippen LogP contribution is 2.11. The standard InChI is InChI=1S/C10H20N2O3S/c1-2-3-4-9(11)10(13)12-8-5-6-16(14,15)7-8/h8-9H,2-7,11H2,1H3,(H,12,13)/t8?,9-/m0/s1. The van der Waals surface area contributed by atoms with Crippen molar-refractivity contribution in [3.63, 3.8) is 0 Å². The summed E-state index contributed by atoms with van der Waals surface area (Å²) in [6, 6.07) is -0.756. The first-order valence-corrected chi connectivity index (χ1v) is 7.53. The molecule has 1 aliphatic heterocycles. The Balaban J connectivity index is 2.35. The van der Waals surface area contributed by atoms with Crippen molar-refractivity contribution in [1.29, 1.82) is 0 Å². The summed E-state index contributed by atoms with van der Waals surface area (Å²) in [4.78, 5) is 11.6. The number of amides is 1. The zero-order valence-electron chi connectivity index (χ0n) is 9.61. The van der Waals surface area contributed by atoms with E-state index in [2.05, 4.69) is 5.32 Å². The number of carbonyl (C=O) groups excluding carboxylic acids is 1. The van der Waals surface area contributed by atoms with Gasteiger partial charge in [0.2, 0.25) is 5.91 Å². The van der Waals surface area contributed by atoms with Crippen molar-refractivity contribution in [1.82, 2.24) is 5.32 Å². The Morgan fingerprint density at radius 1 is 1.56 bits per heavy atom. The van der Waals surface area contributed by atoms with Gasteiger partial charge in [0.25, 0.3) is 0 Å². The number of hydrogen-bond donors (Lipinski definition) is 2. The van der Waals surface area contributed by atoms with Gasteiger partial charge < -0.3 is 11.1 Å². The molecule has 1 unspecified atom stereocenters. The minimum absolute atomic E-state index is 0.0548. The van der Waals surface area contributed by atoms with Gasteiger partial charge in [0.1, 0.15) is 0 Å². The van der Waals surface area contributed by atoms with Crippen LogP contribution >= 0.6 is 0 Å². The quantitative estimate of drug-likeness (QED) is 0.705. The monoisotopic (exact) mass is 248 g/mol. The molecular formula is C10H20N2O3S. The van der Waals surface area contributed by atoms with Crippen molar-refractivity contribution in [2.24, 2.45) is 5.73 Å². The van der Waals surface area contributed by atoms with Crippen LogP contribution in [0.15, 0.2) is 0 Å². The van der Waals surface area contributed by atoms with Crippen LogP contribution in [0.25, 0.3) is 0 Å². The summed E-state index contributed by atoms with van der Waals surface area (Å²) in [5.41, 5.74) is 5.69. The van der Waals surface area contributed by atoms with E-state index < -0.39 is 15.9 Å². The van der Waals surface area contributed by atoms with Crippen molar-refractivity contribution in [2.75, 3.05) is 11.5 Å². The highest BCUT2D eigenvalue weighted by molar-refractivity contribution is 7.91. The van der Waals surface area contributed by atoms with Crippen molar-refractivity contribution in [3.8, 4) is 0 Å². The first kappa shape index (κ1) is 13.4. The first-order valence-electron chi connectivity index (χ1n) is 5.71. The molecule has 0 aromatic carbocycles. The minimum Gasteiger partial charge on any atom is -0.351 e. The number of sulfone groups is 1. The number of rotatable bonds is 5. The smallest absolute Gasteiger partial charge is 0.237 e. The molecule has 1 fully saturated rings. The number of nitrogens with two attached hydrogens (primary N) is 1. The Labute approximate surface area is 96.7 Å². The zero-order valence-corrected chi connectivity index (χ0v) is 10.4. The molecule has 0 aliphatic carbocycles. The summed E-state index contributed by atoms with van der Waals surface area (Å²) >= 11 is 0. The Morgan fingerprint density at radius 2 is 2.25 bits per heavy atom. The molecule has 94 valence electrons. The molecule has 0 aromatic heterocycles. The molecule has 1 aliphatic rings. The van der Waals surface area contributed by atoms with Crippen molar-refractivity contribution in [2.45, 2.75) is 44.7 Å². The Hall–Kier alpha value is -0.620. The molecule has 2 atom stereocenters. The van der Waals surface area contributed by atoms with Crippen molar-refractivity contribution < 1.29 is 13.2 Å². The molecule has 1 rings (SSSR count). The third-order valence-corrected chi connectivity index (χ3v) is 4.55. The molecule has 6 heteroatoms. The Kier molecular flexibility index (Phi) is 4.73. The average molecular weight is 248 g/mol. The molecule has 5 nitrogen and oxygen atoms in total. The Bertz CT molecular complexity index is 340. The van der Waals surface area contributed by atoms with Crippen molar-refractivity contribution in [3.05, 3.63) is 0 Å². The number of nitrogens with one attached hydrogen (secondary N) is 1. The van der Waals surface area contributed by atoms with Crippen LogP contribution < -0.4 is 11.1 Å². The maximum atomic E-state index is 11.6. The van der Waals surface area contributed by atoms with E-state index >= 15 is 0 Å². The minimum atomic E-state index is -2.94. The lowest BCUT2D eigenvalue weighted by molar-refractivity contribution is -0.123. The van der Waals surface area contributed by atoms with Crippen LogP contribution in [0.2, 0.25) is 0 Å². The summed E-state index contributed by atoms with van der Waals surface area (Å²) < 4.78 is 22.4. The van der Waals surface area contributed by atoms with Gasteiger partial charge in [-0.1, -0.05) is 19.8 Å². The summed E-state index contributed by atoms with van der Waals surface area (Å²) in [7, 11) is -2.94. The van der Waals surface area contributed by atoms with Crippen molar-refractivity contribution >= 4 is 15.7 Å². The second-order valence-corrected chi connectivity index (χ2v) is 6.59. The predicted octanol–water partition coefficient (Wildman–Crippen LogP) is -0.193. The van der Waals surface area contributed by atoms with Crippen LogP contribution in [0.3, 0.4) is 0 Å². The first-order chi connectivity index (χ1) is 7.44. The molecule has 1 heterocycles. The fourth-order valence-corrected chi connectivity index (χ4v) is 3.45. The van der Waals surface area contributed by atoms with Gasteiger partial charge in [-0.15, -0.1) is 0 Å². The van der Waals surface area contributed by atoms with Crippen LogP contribution in [0.5, 0.6) is 0 Å². The lowest BCUT2D eigenvalue weighted by Gasteiger charge is -2.15. The van der Waals surface area contributed by atoms with Crippen LogP contribution in [0.4, 0.5) is 0 Å². The van der Waals surface area contributed by atoms with E-state index in [-0.39, 0.29) is 23.5 Å². The summed E-state index contributed by atoms with van der Waals surface area (Å²) in [5.74, 6) is -0.00275. The highest BCUT2D eigenvalue weighted by Gasteiger charge is 2.29. The van der Waals surface area contributed by atoms with Gasteiger partial charge in [0.05, 0.1) is 17.5 Å². The zero-order chi connectivity index (χ0) is 12.2. The molecule has 0 saturated carbocycles. The lowest BCUT2D eigenvalue weighted by Crippen LogP contribution is -2.45. The fraction of sp³-hybridized carbons (Fsp3) is 0.900. The van der Waals surface area contributed by atoms with Gasteiger partial charge in [-0.3, -0.25) is 4.79 Å². The molecular weight excluding hydrogens is 228 g/mol. The SMILES string of the molecule is CCCC[C@H](N)C(=O)NC1CCS(=O)(=O)C1. The summed E-state index contributed by atoms with van der Waals surface area (Å²) in [5, 5.41) is 2.70. The normalized spacial score (nSPS) is 25.2. The van der Waals surface area contributed by atoms with E-state index in [1.165, 1.54) is 0 Å². The molecule has 3 N–H and O–H groups in total. The summed E-state index contributed by atoms with van der Waals surface area (Å²) in [6.07, 6.45) is 3.08. The fourth-order valence-electron chi connectivity index (χ4n) is 1.77. The lowest BCUT2D eigenvalue weighted by atomic mass is 10.1. The largest absolute Gasteiger partial charge is 0.351 e. The van der Waals surface area contributed by atoms with Gasteiger partial charge in [0.15, 0.2) is 9.84 Å². The van der Waals surface area contributed by atoms with E-state index in [1.54, 1.807) is 0 Å². The van der Waals surface area contributed by atoms with E-state index in [9.17, 15) is 13.2 Å². The predicted molar refractivity (Wildman–Crippen MR) is 62.7 cm³/mol. The van der Waals surface area contributed by atoms with Crippen LogP contribution in [0.1, 0.15) is 32.6 Å². The summed E-state index contributed by atoms with van der Waals surface area (Å²) in [6.45, 7) is 2.04. The molecule has 0 bridgehead atoms. The molecule has 0 aromatic rings. The highest BCUT2D eigenvalue weighted by atomic mass is 32.2. The van der Waals surface area contributed by atoms with E-state index in [0.717, 1.165) is 12.8 Å².